The molecule has 4 nitrogen and oxygen atoms in total. The van der Waals surface area contributed by atoms with E-state index in [9.17, 15) is 31.5 Å². The zero-order valence-corrected chi connectivity index (χ0v) is 15.5. The van der Waals surface area contributed by atoms with Crippen molar-refractivity contribution in [1.29, 1.82) is 0 Å². The summed E-state index contributed by atoms with van der Waals surface area (Å²) >= 11 is 5.72. The van der Waals surface area contributed by atoms with E-state index in [0.29, 0.717) is 6.07 Å². The van der Waals surface area contributed by atoms with Crippen LogP contribution in [-0.4, -0.2) is 11.9 Å². The fourth-order valence-electron chi connectivity index (χ4n) is 1.90. The van der Waals surface area contributed by atoms with Crippen molar-refractivity contribution in [1.82, 2.24) is 5.32 Å². The van der Waals surface area contributed by atoms with Gasteiger partial charge in [0.15, 0.2) is 0 Å². The van der Waals surface area contributed by atoms with E-state index in [0.717, 1.165) is 24.3 Å². The summed E-state index contributed by atoms with van der Waals surface area (Å²) in [6.45, 7) is 0. The number of hydrogen-bond donors (Lipinski definition) is 2. The molecule has 0 aliphatic heterocycles. The van der Waals surface area contributed by atoms with Crippen LogP contribution in [0.15, 0.2) is 39.3 Å². The van der Waals surface area contributed by atoms with Crippen LogP contribution in [0.3, 0.4) is 0 Å². The smallest absolute Gasteiger partial charge is 0.307 e. The second-order valence-corrected chi connectivity index (χ2v) is 6.52. The molecule has 0 aromatic heterocycles. The highest BCUT2D eigenvalue weighted by molar-refractivity contribution is 9.11. The van der Waals surface area contributed by atoms with Crippen LogP contribution in [0.2, 0.25) is 0 Å². The fraction of sp³-hybridized carbons (Fsp3) is 0.0667. The molecule has 2 N–H and O–H groups in total. The van der Waals surface area contributed by atoms with Crippen molar-refractivity contribution in [2.24, 2.45) is 0 Å². The van der Waals surface area contributed by atoms with Gasteiger partial charge in [-0.1, -0.05) is 22.0 Å². The maximum Gasteiger partial charge on any atom is 0.417 e. The van der Waals surface area contributed by atoms with Crippen LogP contribution < -0.4 is 10.6 Å². The molecule has 0 heterocycles. The Balaban J connectivity index is 2.22. The molecule has 0 spiro atoms. The second kappa shape index (κ2) is 7.70. The summed E-state index contributed by atoms with van der Waals surface area (Å²) in [5.41, 5.74) is -2.36. The first-order valence-corrected chi connectivity index (χ1v) is 8.22. The van der Waals surface area contributed by atoms with Crippen molar-refractivity contribution in [3.63, 3.8) is 0 Å². The first kappa shape index (κ1) is 20.3. The third-order valence-corrected chi connectivity index (χ3v) is 4.34. The average Bonchev–Trinajstić information content (AvgIpc) is 2.48. The zero-order chi connectivity index (χ0) is 19.6. The molecule has 2 rings (SSSR count). The standard InChI is InChI=1S/C15H7Br2F5N2O2/c16-7-5-8(17)11(4-6(7)15(20,21)22)23-14(26)24-13(25)12-9(18)2-1-3-10(12)19/h1-5H,(H2,23,24,25,26). The van der Waals surface area contributed by atoms with Gasteiger partial charge in [-0.15, -0.1) is 0 Å². The molecule has 26 heavy (non-hydrogen) atoms. The van der Waals surface area contributed by atoms with Gasteiger partial charge in [0.25, 0.3) is 5.91 Å². The first-order valence-electron chi connectivity index (χ1n) is 6.63. The lowest BCUT2D eigenvalue weighted by Crippen LogP contribution is -2.35. The molecular weight excluding hydrogens is 495 g/mol. The van der Waals surface area contributed by atoms with Crippen molar-refractivity contribution >= 4 is 49.5 Å². The van der Waals surface area contributed by atoms with E-state index in [2.05, 4.69) is 31.9 Å². The molecule has 0 aliphatic carbocycles. The first-order chi connectivity index (χ1) is 12.0. The van der Waals surface area contributed by atoms with Crippen LogP contribution in [0, 0.1) is 11.6 Å². The molecule has 0 fully saturated rings. The van der Waals surface area contributed by atoms with Crippen LogP contribution in [0.4, 0.5) is 32.4 Å². The topological polar surface area (TPSA) is 58.2 Å². The SMILES string of the molecule is O=C(NC(=O)c1c(F)cccc1F)Nc1cc(C(F)(F)F)c(Br)cc1Br. The fourth-order valence-corrected chi connectivity index (χ4v) is 3.21. The zero-order valence-electron chi connectivity index (χ0n) is 12.3. The van der Waals surface area contributed by atoms with Gasteiger partial charge in [0, 0.05) is 8.95 Å². The van der Waals surface area contributed by atoms with Gasteiger partial charge in [-0.05, 0) is 40.2 Å². The lowest BCUT2D eigenvalue weighted by atomic mass is 10.2. The predicted molar refractivity (Wildman–Crippen MR) is 89.7 cm³/mol. The molecule has 3 amide bonds. The Hall–Kier alpha value is -2.01. The number of carbonyl (C=O) groups is 2. The van der Waals surface area contributed by atoms with Crippen LogP contribution in [-0.2, 0) is 6.18 Å². The minimum atomic E-state index is -4.70. The quantitative estimate of drug-likeness (QED) is 0.536. The Morgan fingerprint density at radius 2 is 1.54 bits per heavy atom. The third kappa shape index (κ3) is 4.58. The summed E-state index contributed by atoms with van der Waals surface area (Å²) in [6.07, 6.45) is -4.70. The third-order valence-electron chi connectivity index (χ3n) is 3.03. The highest BCUT2D eigenvalue weighted by atomic mass is 79.9. The number of nitrogens with one attached hydrogen (secondary N) is 2. The van der Waals surface area contributed by atoms with Gasteiger partial charge in [0.05, 0.1) is 11.3 Å². The number of halogens is 7. The van der Waals surface area contributed by atoms with E-state index in [1.807, 2.05) is 5.32 Å². The van der Waals surface area contributed by atoms with Crippen molar-refractivity contribution in [3.05, 3.63) is 62.0 Å². The van der Waals surface area contributed by atoms with Gasteiger partial charge in [-0.2, -0.15) is 13.2 Å². The Kier molecular flexibility index (Phi) is 6.02. The molecule has 2 aromatic rings. The number of amides is 3. The highest BCUT2D eigenvalue weighted by Gasteiger charge is 2.34. The number of hydrogen-bond acceptors (Lipinski definition) is 2. The largest absolute Gasteiger partial charge is 0.417 e. The number of carbonyl (C=O) groups excluding carboxylic acids is 2. The summed E-state index contributed by atoms with van der Waals surface area (Å²) in [5.74, 6) is -3.78. The molecule has 0 bridgehead atoms. The van der Waals surface area contributed by atoms with Crippen LogP contribution >= 0.6 is 31.9 Å². The van der Waals surface area contributed by atoms with E-state index in [1.165, 1.54) is 0 Å². The van der Waals surface area contributed by atoms with Gasteiger partial charge >= 0.3 is 12.2 Å². The van der Waals surface area contributed by atoms with Crippen molar-refractivity contribution in [2.45, 2.75) is 6.18 Å². The predicted octanol–water partition coefficient (Wildman–Crippen LogP) is 5.47. The molecule has 2 aromatic carbocycles. The van der Waals surface area contributed by atoms with Crippen LogP contribution in [0.5, 0.6) is 0 Å². The Morgan fingerprint density at radius 3 is 2.08 bits per heavy atom. The lowest BCUT2D eigenvalue weighted by Gasteiger charge is -2.14. The second-order valence-electron chi connectivity index (χ2n) is 4.81. The molecule has 0 saturated heterocycles. The maximum absolute atomic E-state index is 13.5. The number of anilines is 1. The molecule has 0 saturated carbocycles. The number of urea groups is 1. The van der Waals surface area contributed by atoms with Gasteiger partial charge in [-0.25, -0.2) is 13.6 Å². The average molecular weight is 502 g/mol. The van der Waals surface area contributed by atoms with Gasteiger partial charge in [0.2, 0.25) is 0 Å². The van der Waals surface area contributed by atoms with E-state index in [4.69, 9.17) is 0 Å². The number of rotatable bonds is 2. The minimum absolute atomic E-state index is 0.0806. The summed E-state index contributed by atoms with van der Waals surface area (Å²) in [6, 6.07) is 3.07. The molecule has 0 atom stereocenters. The van der Waals surface area contributed by atoms with Crippen molar-refractivity contribution in [2.75, 3.05) is 5.32 Å². The number of alkyl halides is 3. The van der Waals surface area contributed by atoms with Crippen molar-refractivity contribution in [3.8, 4) is 0 Å². The van der Waals surface area contributed by atoms with Crippen molar-refractivity contribution < 1.29 is 31.5 Å². The molecule has 138 valence electrons. The van der Waals surface area contributed by atoms with E-state index in [-0.39, 0.29) is 14.6 Å². The molecule has 0 radical (unpaired) electrons. The summed E-state index contributed by atoms with van der Waals surface area (Å²) in [7, 11) is 0. The Morgan fingerprint density at radius 1 is 0.962 bits per heavy atom. The maximum atomic E-state index is 13.5. The Labute approximate surface area is 160 Å². The highest BCUT2D eigenvalue weighted by Crippen LogP contribution is 2.39. The van der Waals surface area contributed by atoms with E-state index >= 15 is 0 Å². The number of benzene rings is 2. The van der Waals surface area contributed by atoms with Gasteiger partial charge < -0.3 is 5.32 Å². The monoisotopic (exact) mass is 500 g/mol. The van der Waals surface area contributed by atoms with Crippen LogP contribution in [0.1, 0.15) is 15.9 Å². The molecular formula is C15H7Br2F5N2O2. The minimum Gasteiger partial charge on any atom is -0.307 e. The van der Waals surface area contributed by atoms with Gasteiger partial charge in [0.1, 0.15) is 17.2 Å². The van der Waals surface area contributed by atoms with Crippen LogP contribution in [0.25, 0.3) is 0 Å². The van der Waals surface area contributed by atoms with E-state index in [1.54, 1.807) is 5.32 Å². The Bertz CT molecular complexity index is 867. The molecule has 0 aliphatic rings. The van der Waals surface area contributed by atoms with Gasteiger partial charge in [-0.3, -0.25) is 10.1 Å². The molecule has 0 unspecified atom stereocenters. The number of imide groups is 1. The lowest BCUT2D eigenvalue weighted by molar-refractivity contribution is -0.138. The summed E-state index contributed by atoms with van der Waals surface area (Å²) < 4.78 is 65.5. The summed E-state index contributed by atoms with van der Waals surface area (Å²) in [4.78, 5) is 23.6. The normalized spacial score (nSPS) is 11.2. The van der Waals surface area contributed by atoms with E-state index < -0.39 is 40.9 Å². The molecule has 11 heteroatoms. The summed E-state index contributed by atoms with van der Waals surface area (Å²) in [5, 5.41) is 3.65.